The molecule has 11 nitrogen and oxygen atoms in total. The van der Waals surface area contributed by atoms with E-state index in [2.05, 4.69) is 32.3 Å². The summed E-state index contributed by atoms with van der Waals surface area (Å²) in [6, 6.07) is 20.5. The summed E-state index contributed by atoms with van der Waals surface area (Å²) < 4.78 is 14.2. The highest BCUT2D eigenvalue weighted by molar-refractivity contribution is 7.19. The van der Waals surface area contributed by atoms with Crippen molar-refractivity contribution in [2.45, 2.75) is 73.1 Å². The van der Waals surface area contributed by atoms with Crippen molar-refractivity contribution >= 4 is 73.9 Å². The molecule has 16 heteroatoms. The number of hydrogen-bond donors (Lipinski definition) is 1. The van der Waals surface area contributed by atoms with Crippen LogP contribution in [0.15, 0.2) is 72.8 Å². The molecule has 0 fully saturated rings. The third kappa shape index (κ3) is 11.7. The van der Waals surface area contributed by atoms with E-state index in [-0.39, 0.29) is 17.9 Å². The van der Waals surface area contributed by atoms with Gasteiger partial charge in [-0.15, -0.1) is 20.4 Å². The Balaban J connectivity index is 0.000000227. The van der Waals surface area contributed by atoms with E-state index in [1.165, 1.54) is 39.7 Å². The minimum absolute atomic E-state index is 0.00910. The summed E-state index contributed by atoms with van der Waals surface area (Å²) in [6.45, 7) is 10.8. The monoisotopic (exact) mass is 875 g/mol. The number of pyridine rings is 1. The maximum Gasteiger partial charge on any atom is 0.303 e. The van der Waals surface area contributed by atoms with Crippen molar-refractivity contribution in [2.75, 3.05) is 22.9 Å². The number of benzene rings is 3. The first-order valence-electron chi connectivity index (χ1n) is 19.1. The number of carboxylic acids is 1. The summed E-state index contributed by atoms with van der Waals surface area (Å²) >= 11 is 14.9. The summed E-state index contributed by atoms with van der Waals surface area (Å²) in [5.74, 6) is -2.00. The van der Waals surface area contributed by atoms with Gasteiger partial charge >= 0.3 is 5.97 Å². The van der Waals surface area contributed by atoms with Crippen molar-refractivity contribution < 1.29 is 23.9 Å². The van der Waals surface area contributed by atoms with Crippen LogP contribution in [-0.4, -0.2) is 61.4 Å². The summed E-state index contributed by atoms with van der Waals surface area (Å²) in [7, 11) is 0. The molecule has 1 N–H and O–H groups in total. The maximum absolute atomic E-state index is 14.2. The van der Waals surface area contributed by atoms with Gasteiger partial charge in [0.15, 0.2) is 0 Å². The standard InChI is InChI=1S/C24H26FN3O3S.C19H18Cl2N4OS/c1-4-5-12-28(23(31)19-8-6-7-9-20(19)25)24-27-26-22(32-24)17-13-15(2)18(16(3)14-17)10-11-21(29)30;1-3-4-9-25(18(26)14-7-5-6-8-15(14)20)19-24-23-17(27-19)13-10-12(2)22-16(21)11-13/h6-9,13-14H,4-5,10-12H2,1-3H3,(H,29,30);5-8,10-11H,3-4,9H2,1-2H3. The van der Waals surface area contributed by atoms with Crippen LogP contribution >= 0.6 is 45.9 Å². The number of hydrogen-bond acceptors (Lipinski definition) is 10. The zero-order valence-electron chi connectivity index (χ0n) is 33.3. The second-order valence-electron chi connectivity index (χ2n) is 13.7. The SMILES string of the molecule is CCCCN(C(=O)c1ccccc1Cl)c1nnc(-c2cc(C)nc(Cl)c2)s1.CCCCN(C(=O)c1ccccc1F)c1nnc(-c2cc(C)c(CCC(=O)O)c(C)c2)s1. The quantitative estimate of drug-likeness (QED) is 0.0997. The van der Waals surface area contributed by atoms with Gasteiger partial charge in [0.1, 0.15) is 21.0 Å². The zero-order chi connectivity index (χ0) is 42.6. The lowest BCUT2D eigenvalue weighted by molar-refractivity contribution is -0.136. The van der Waals surface area contributed by atoms with Crippen LogP contribution in [-0.2, 0) is 11.2 Å². The molecule has 0 atom stereocenters. The van der Waals surface area contributed by atoms with Gasteiger partial charge in [-0.05, 0) is 105 Å². The lowest BCUT2D eigenvalue weighted by Crippen LogP contribution is -2.32. The Morgan fingerprint density at radius 3 is 1.73 bits per heavy atom. The van der Waals surface area contributed by atoms with E-state index in [1.54, 1.807) is 47.4 Å². The fourth-order valence-electron chi connectivity index (χ4n) is 6.14. The molecule has 0 aliphatic heterocycles. The Labute approximate surface area is 360 Å². The molecule has 6 aromatic rings. The summed E-state index contributed by atoms with van der Waals surface area (Å²) in [5.41, 5.74) is 5.94. The smallest absolute Gasteiger partial charge is 0.303 e. The van der Waals surface area contributed by atoms with Crippen LogP contribution in [0.5, 0.6) is 0 Å². The third-order valence-electron chi connectivity index (χ3n) is 9.16. The number of carbonyl (C=O) groups is 3. The Morgan fingerprint density at radius 1 is 0.712 bits per heavy atom. The minimum atomic E-state index is -0.826. The number of aromatic nitrogens is 5. The number of nitrogens with zero attached hydrogens (tertiary/aromatic N) is 7. The normalized spacial score (nSPS) is 10.8. The number of halogens is 3. The molecule has 3 aromatic carbocycles. The highest BCUT2D eigenvalue weighted by Crippen LogP contribution is 2.34. The van der Waals surface area contributed by atoms with Gasteiger partial charge in [-0.1, -0.05) is 96.8 Å². The lowest BCUT2D eigenvalue weighted by atomic mass is 9.96. The van der Waals surface area contributed by atoms with Crippen LogP contribution in [0.25, 0.3) is 21.1 Å². The van der Waals surface area contributed by atoms with Gasteiger partial charge in [0.05, 0.1) is 16.1 Å². The van der Waals surface area contributed by atoms with Gasteiger partial charge in [-0.2, -0.15) is 0 Å². The van der Waals surface area contributed by atoms with E-state index >= 15 is 0 Å². The van der Waals surface area contributed by atoms with Gasteiger partial charge in [0, 0.05) is 36.3 Å². The summed E-state index contributed by atoms with van der Waals surface area (Å²) in [5, 5.41) is 29.1. The van der Waals surface area contributed by atoms with Gasteiger partial charge < -0.3 is 5.11 Å². The van der Waals surface area contributed by atoms with Gasteiger partial charge in [-0.3, -0.25) is 24.2 Å². The second-order valence-corrected chi connectivity index (χ2v) is 16.4. The Morgan fingerprint density at radius 2 is 1.22 bits per heavy atom. The number of rotatable bonds is 15. The van der Waals surface area contributed by atoms with E-state index in [0.717, 1.165) is 59.2 Å². The van der Waals surface area contributed by atoms with Crippen molar-refractivity contribution in [3.05, 3.63) is 122 Å². The van der Waals surface area contributed by atoms with Crippen molar-refractivity contribution in [1.29, 1.82) is 0 Å². The predicted molar refractivity (Wildman–Crippen MR) is 235 cm³/mol. The Bertz CT molecular complexity index is 2380. The van der Waals surface area contributed by atoms with Gasteiger partial charge in [-0.25, -0.2) is 9.37 Å². The molecule has 0 bridgehead atoms. The van der Waals surface area contributed by atoms with Crippen molar-refractivity contribution in [1.82, 2.24) is 25.4 Å². The minimum Gasteiger partial charge on any atom is -0.481 e. The summed E-state index contributed by atoms with van der Waals surface area (Å²) in [4.78, 5) is 44.4. The van der Waals surface area contributed by atoms with Crippen molar-refractivity contribution in [2.24, 2.45) is 0 Å². The highest BCUT2D eigenvalue weighted by atomic mass is 35.5. The van der Waals surface area contributed by atoms with Crippen LogP contribution in [0.3, 0.4) is 0 Å². The molecule has 3 heterocycles. The predicted octanol–water partition coefficient (Wildman–Crippen LogP) is 11.1. The molecule has 0 unspecified atom stereocenters. The maximum atomic E-state index is 14.2. The average molecular weight is 877 g/mol. The molecule has 0 radical (unpaired) electrons. The molecule has 0 spiro atoms. The summed E-state index contributed by atoms with van der Waals surface area (Å²) in [6.07, 6.45) is 3.99. The molecular formula is C43H44Cl2FN7O4S2. The molecule has 59 heavy (non-hydrogen) atoms. The van der Waals surface area contributed by atoms with Crippen molar-refractivity contribution in [3.63, 3.8) is 0 Å². The van der Waals surface area contributed by atoms with Crippen LogP contribution in [0.1, 0.15) is 89.1 Å². The molecule has 0 saturated carbocycles. The molecule has 2 amide bonds. The van der Waals surface area contributed by atoms with Gasteiger partial charge in [0.2, 0.25) is 10.3 Å². The first-order chi connectivity index (χ1) is 28.3. The molecule has 3 aromatic heterocycles. The highest BCUT2D eigenvalue weighted by Gasteiger charge is 2.25. The number of amides is 2. The number of carboxylic acid groups (broad SMARTS) is 1. The lowest BCUT2D eigenvalue weighted by Gasteiger charge is -2.19. The molecule has 0 saturated heterocycles. The number of carbonyl (C=O) groups excluding carboxylic acids is 2. The fraction of sp³-hybridized carbons (Fsp3) is 0.302. The zero-order valence-corrected chi connectivity index (χ0v) is 36.5. The van der Waals surface area contributed by atoms with Gasteiger partial charge in [0.25, 0.3) is 11.8 Å². The average Bonchev–Trinajstić information content (AvgIpc) is 3.89. The molecule has 6 rings (SSSR count). The molecular weight excluding hydrogens is 833 g/mol. The van der Waals surface area contributed by atoms with Crippen LogP contribution in [0.2, 0.25) is 10.2 Å². The largest absolute Gasteiger partial charge is 0.481 e. The van der Waals surface area contributed by atoms with E-state index in [0.29, 0.717) is 55.5 Å². The van der Waals surface area contributed by atoms with Crippen LogP contribution < -0.4 is 9.80 Å². The molecule has 0 aliphatic rings. The first kappa shape index (κ1) is 44.9. The number of aliphatic carboxylic acids is 1. The number of anilines is 2. The topological polar surface area (TPSA) is 142 Å². The van der Waals surface area contributed by atoms with Crippen LogP contribution in [0, 0.1) is 26.6 Å². The fourth-order valence-corrected chi connectivity index (χ4v) is 8.32. The van der Waals surface area contributed by atoms with E-state index < -0.39 is 17.7 Å². The third-order valence-corrected chi connectivity index (χ3v) is 11.7. The number of unbranched alkanes of at least 4 members (excludes halogenated alkanes) is 2. The van der Waals surface area contributed by atoms with E-state index in [1.807, 2.05) is 45.9 Å². The Kier molecular flexibility index (Phi) is 16.2. The first-order valence-corrected chi connectivity index (χ1v) is 21.5. The van der Waals surface area contributed by atoms with Crippen LogP contribution in [0.4, 0.5) is 14.7 Å². The number of aryl methyl sites for hydroxylation is 3. The molecule has 308 valence electrons. The van der Waals surface area contributed by atoms with E-state index in [4.69, 9.17) is 28.3 Å². The molecule has 0 aliphatic carbocycles. The van der Waals surface area contributed by atoms with Crippen molar-refractivity contribution in [3.8, 4) is 21.1 Å². The second kappa shape index (κ2) is 21.2. The van der Waals surface area contributed by atoms with E-state index in [9.17, 15) is 18.8 Å². The Hall–Kier alpha value is -5.15.